The monoisotopic (exact) mass is 427 g/mol. The fraction of sp³-hybridized carbons (Fsp3) is 0.217. The van der Waals surface area contributed by atoms with Gasteiger partial charge in [-0.15, -0.1) is 11.3 Å². The number of halogens is 1. The summed E-state index contributed by atoms with van der Waals surface area (Å²) >= 11 is 1.26. The number of benzene rings is 2. The van der Waals surface area contributed by atoms with E-state index in [2.05, 4.69) is 5.32 Å². The van der Waals surface area contributed by atoms with Gasteiger partial charge in [-0.25, -0.2) is 9.18 Å². The van der Waals surface area contributed by atoms with Gasteiger partial charge in [0.1, 0.15) is 22.1 Å². The number of aryl methyl sites for hydroxylation is 2. The summed E-state index contributed by atoms with van der Waals surface area (Å²) in [4.78, 5) is 25.8. The number of esters is 1. The molecular formula is C23H22FNO4S. The van der Waals surface area contributed by atoms with Crippen LogP contribution in [-0.4, -0.2) is 25.6 Å². The second kappa shape index (κ2) is 9.54. The van der Waals surface area contributed by atoms with Crippen LogP contribution in [0.15, 0.2) is 48.5 Å². The Labute approximate surface area is 178 Å². The summed E-state index contributed by atoms with van der Waals surface area (Å²) in [6.07, 6.45) is 0.787. The van der Waals surface area contributed by atoms with Gasteiger partial charge in [0.2, 0.25) is 0 Å². The Morgan fingerprint density at radius 3 is 2.47 bits per heavy atom. The van der Waals surface area contributed by atoms with Crippen molar-refractivity contribution in [1.29, 1.82) is 0 Å². The number of hydrogen-bond donors (Lipinski definition) is 1. The summed E-state index contributed by atoms with van der Waals surface area (Å²) in [7, 11) is 1.28. The summed E-state index contributed by atoms with van der Waals surface area (Å²) in [6, 6.07) is 13.4. The zero-order valence-corrected chi connectivity index (χ0v) is 17.8. The normalized spacial score (nSPS) is 10.5. The molecule has 0 aliphatic carbocycles. The van der Waals surface area contributed by atoms with E-state index in [1.807, 2.05) is 38.1 Å². The van der Waals surface area contributed by atoms with Crippen LogP contribution in [0.25, 0.3) is 11.1 Å². The molecule has 1 N–H and O–H groups in total. The minimum absolute atomic E-state index is 0.194. The Balaban J connectivity index is 1.85. The van der Waals surface area contributed by atoms with Gasteiger partial charge in [-0.3, -0.25) is 4.79 Å². The third kappa shape index (κ3) is 4.68. The SMILES string of the molecule is CCc1ccccc1OCC(=O)Nc1sc(C)c(-c2ccc(F)cc2)c1C(=O)OC. The average molecular weight is 427 g/mol. The lowest BCUT2D eigenvalue weighted by molar-refractivity contribution is -0.118. The van der Waals surface area contributed by atoms with Crippen molar-refractivity contribution < 1.29 is 23.5 Å². The number of ether oxygens (including phenoxy) is 2. The molecule has 3 rings (SSSR count). The van der Waals surface area contributed by atoms with Crippen LogP contribution in [0, 0.1) is 12.7 Å². The standard InChI is InChI=1S/C23H22FNO4S/c1-4-15-7-5-6-8-18(15)29-13-19(26)25-22-21(23(27)28-3)20(14(2)30-22)16-9-11-17(24)12-10-16/h5-12H,4,13H2,1-3H3,(H,25,26). The maximum Gasteiger partial charge on any atom is 0.341 e. The summed E-state index contributed by atoms with van der Waals surface area (Å²) in [6.45, 7) is 3.65. The molecule has 5 nitrogen and oxygen atoms in total. The van der Waals surface area contributed by atoms with Crippen LogP contribution >= 0.6 is 11.3 Å². The van der Waals surface area contributed by atoms with Gasteiger partial charge in [0.25, 0.3) is 5.91 Å². The zero-order valence-electron chi connectivity index (χ0n) is 17.0. The molecule has 0 atom stereocenters. The molecule has 1 heterocycles. The number of para-hydroxylation sites is 1. The Morgan fingerprint density at radius 1 is 1.10 bits per heavy atom. The van der Waals surface area contributed by atoms with Crippen molar-refractivity contribution in [1.82, 2.24) is 0 Å². The number of amides is 1. The zero-order chi connectivity index (χ0) is 21.7. The fourth-order valence-corrected chi connectivity index (χ4v) is 4.22. The molecule has 0 unspecified atom stereocenters. The maximum absolute atomic E-state index is 13.3. The van der Waals surface area contributed by atoms with Crippen LogP contribution in [0.4, 0.5) is 9.39 Å². The third-order valence-corrected chi connectivity index (χ3v) is 5.59. The molecule has 2 aromatic carbocycles. The first-order chi connectivity index (χ1) is 14.4. The van der Waals surface area contributed by atoms with Crippen molar-refractivity contribution in [2.75, 3.05) is 19.0 Å². The van der Waals surface area contributed by atoms with Crippen molar-refractivity contribution in [3.8, 4) is 16.9 Å². The van der Waals surface area contributed by atoms with Crippen LogP contribution in [0.1, 0.15) is 27.7 Å². The molecule has 7 heteroatoms. The average Bonchev–Trinajstić information content (AvgIpc) is 3.07. The van der Waals surface area contributed by atoms with Gasteiger partial charge in [-0.1, -0.05) is 37.3 Å². The van der Waals surface area contributed by atoms with Gasteiger partial charge in [-0.05, 0) is 42.7 Å². The highest BCUT2D eigenvalue weighted by Crippen LogP contribution is 2.40. The number of carbonyl (C=O) groups excluding carboxylic acids is 2. The smallest absolute Gasteiger partial charge is 0.341 e. The molecule has 0 aliphatic heterocycles. The number of nitrogens with one attached hydrogen (secondary N) is 1. The van der Waals surface area contributed by atoms with Gasteiger partial charge in [0, 0.05) is 10.4 Å². The molecule has 0 radical (unpaired) electrons. The molecule has 0 saturated heterocycles. The van der Waals surface area contributed by atoms with Crippen molar-refractivity contribution >= 4 is 28.2 Å². The predicted molar refractivity (Wildman–Crippen MR) is 116 cm³/mol. The number of hydrogen-bond acceptors (Lipinski definition) is 5. The van der Waals surface area contributed by atoms with E-state index >= 15 is 0 Å². The highest BCUT2D eigenvalue weighted by molar-refractivity contribution is 7.17. The van der Waals surface area contributed by atoms with Gasteiger partial charge in [0.15, 0.2) is 6.61 Å². The van der Waals surface area contributed by atoms with Gasteiger partial charge in [0.05, 0.1) is 7.11 Å². The van der Waals surface area contributed by atoms with Crippen molar-refractivity contribution in [2.24, 2.45) is 0 Å². The molecule has 156 valence electrons. The first-order valence-electron chi connectivity index (χ1n) is 9.42. The lowest BCUT2D eigenvalue weighted by Gasteiger charge is -2.11. The maximum atomic E-state index is 13.3. The Bertz CT molecular complexity index is 1060. The third-order valence-electron chi connectivity index (χ3n) is 4.57. The molecule has 0 bridgehead atoms. The molecule has 0 saturated carbocycles. The Morgan fingerprint density at radius 2 is 1.80 bits per heavy atom. The molecule has 3 aromatic rings. The number of anilines is 1. The molecule has 0 fully saturated rings. The number of methoxy groups -OCH3 is 1. The first-order valence-corrected chi connectivity index (χ1v) is 10.2. The number of carbonyl (C=O) groups is 2. The number of thiophene rings is 1. The van der Waals surface area contributed by atoms with E-state index in [-0.39, 0.29) is 18.0 Å². The minimum Gasteiger partial charge on any atom is -0.483 e. The molecule has 1 amide bonds. The highest BCUT2D eigenvalue weighted by Gasteiger charge is 2.25. The van der Waals surface area contributed by atoms with Crippen LogP contribution < -0.4 is 10.1 Å². The van der Waals surface area contributed by atoms with Crippen LogP contribution in [0.5, 0.6) is 5.75 Å². The van der Waals surface area contributed by atoms with E-state index in [4.69, 9.17) is 9.47 Å². The first kappa shape index (κ1) is 21.5. The molecule has 30 heavy (non-hydrogen) atoms. The lowest BCUT2D eigenvalue weighted by Crippen LogP contribution is -2.21. The van der Waals surface area contributed by atoms with E-state index in [0.29, 0.717) is 21.9 Å². The molecule has 0 spiro atoms. The Kier molecular flexibility index (Phi) is 6.84. The number of rotatable bonds is 7. The van der Waals surface area contributed by atoms with Crippen molar-refractivity contribution in [3.05, 3.63) is 70.4 Å². The quantitative estimate of drug-likeness (QED) is 0.525. The van der Waals surface area contributed by atoms with Crippen LogP contribution in [0.3, 0.4) is 0 Å². The van der Waals surface area contributed by atoms with E-state index in [9.17, 15) is 14.0 Å². The summed E-state index contributed by atoms with van der Waals surface area (Å²) in [5.74, 6) is -0.689. The van der Waals surface area contributed by atoms with Crippen molar-refractivity contribution in [3.63, 3.8) is 0 Å². The van der Waals surface area contributed by atoms with E-state index in [1.54, 1.807) is 12.1 Å². The molecule has 0 aliphatic rings. The molecular weight excluding hydrogens is 405 g/mol. The second-order valence-electron chi connectivity index (χ2n) is 6.53. The minimum atomic E-state index is -0.578. The highest BCUT2D eigenvalue weighted by atomic mass is 32.1. The lowest BCUT2D eigenvalue weighted by atomic mass is 10.0. The molecule has 1 aromatic heterocycles. The largest absolute Gasteiger partial charge is 0.483 e. The van der Waals surface area contributed by atoms with Gasteiger partial charge < -0.3 is 14.8 Å². The van der Waals surface area contributed by atoms with Gasteiger partial charge >= 0.3 is 5.97 Å². The summed E-state index contributed by atoms with van der Waals surface area (Å²) < 4.78 is 23.9. The van der Waals surface area contributed by atoms with Crippen LogP contribution in [0.2, 0.25) is 0 Å². The fourth-order valence-electron chi connectivity index (χ4n) is 3.14. The van der Waals surface area contributed by atoms with Crippen molar-refractivity contribution in [2.45, 2.75) is 20.3 Å². The Hall–Kier alpha value is -3.19. The summed E-state index contributed by atoms with van der Waals surface area (Å²) in [5.41, 5.74) is 2.53. The second-order valence-corrected chi connectivity index (χ2v) is 7.76. The van der Waals surface area contributed by atoms with E-state index in [0.717, 1.165) is 16.9 Å². The summed E-state index contributed by atoms with van der Waals surface area (Å²) in [5, 5.41) is 3.13. The van der Waals surface area contributed by atoms with Gasteiger partial charge in [-0.2, -0.15) is 0 Å². The van der Waals surface area contributed by atoms with E-state index < -0.39 is 11.9 Å². The predicted octanol–water partition coefficient (Wildman–Crippen LogP) is 5.23. The van der Waals surface area contributed by atoms with Crippen LogP contribution in [-0.2, 0) is 16.0 Å². The topological polar surface area (TPSA) is 64.6 Å². The van der Waals surface area contributed by atoms with E-state index in [1.165, 1.54) is 30.6 Å².